The summed E-state index contributed by atoms with van der Waals surface area (Å²) in [6.45, 7) is 2.05. The lowest BCUT2D eigenvalue weighted by atomic mass is 10.3. The predicted octanol–water partition coefficient (Wildman–Crippen LogP) is 0.0589. The Morgan fingerprint density at radius 3 is 2.89 bits per heavy atom. The highest BCUT2D eigenvalue weighted by Crippen LogP contribution is 2.18. The maximum absolute atomic E-state index is 12.5. The summed E-state index contributed by atoms with van der Waals surface area (Å²) < 4.78 is 33.5. The zero-order valence-corrected chi connectivity index (χ0v) is 15.4. The monoisotopic (exact) mass is 411 g/mol. The lowest BCUT2D eigenvalue weighted by Gasteiger charge is -2.16. The zero-order chi connectivity index (χ0) is 19.4. The first kappa shape index (κ1) is 18.8. The third-order valence-corrected chi connectivity index (χ3v) is 4.47. The van der Waals surface area contributed by atoms with E-state index in [0.29, 0.717) is 5.69 Å². The molecule has 1 N–H and O–H groups in total. The number of rotatable bonds is 4. The normalized spacial score (nSPS) is 14.7. The molecule has 1 aliphatic rings. The first-order valence-corrected chi connectivity index (χ1v) is 9.25. The minimum Gasteiger partial charge on any atom is -0.845 e. The number of amidine groups is 1. The molecule has 0 aliphatic carbocycles. The largest absolute Gasteiger partial charge is 0.845 e. The molecule has 0 aromatic carbocycles. The second-order valence-electron chi connectivity index (χ2n) is 5.09. The Morgan fingerprint density at radius 2 is 2.19 bits per heavy atom. The van der Waals surface area contributed by atoms with Crippen LogP contribution in [0.15, 0.2) is 39.0 Å². The van der Waals surface area contributed by atoms with Gasteiger partial charge in [-0.2, -0.15) is 12.8 Å². The van der Waals surface area contributed by atoms with Gasteiger partial charge in [0.1, 0.15) is 11.8 Å². The van der Waals surface area contributed by atoms with Crippen LogP contribution >= 0.6 is 11.6 Å². The smallest absolute Gasteiger partial charge is 0.301 e. The molecule has 0 amide bonds. The van der Waals surface area contributed by atoms with Gasteiger partial charge in [-0.3, -0.25) is 0 Å². The van der Waals surface area contributed by atoms with Crippen molar-refractivity contribution in [3.63, 3.8) is 0 Å². The molecule has 27 heavy (non-hydrogen) atoms. The summed E-state index contributed by atoms with van der Waals surface area (Å²) in [5, 5.41) is 17.4. The van der Waals surface area contributed by atoms with Crippen molar-refractivity contribution in [2.45, 2.75) is 11.9 Å². The van der Waals surface area contributed by atoms with Gasteiger partial charge in [0.2, 0.25) is 5.95 Å². The van der Waals surface area contributed by atoms with E-state index in [1.165, 1.54) is 24.4 Å². The Morgan fingerprint density at radius 1 is 1.37 bits per heavy atom. The van der Waals surface area contributed by atoms with Gasteiger partial charge in [-0.25, -0.2) is 15.0 Å². The maximum Gasteiger partial charge on any atom is 0.301 e. The van der Waals surface area contributed by atoms with Crippen molar-refractivity contribution < 1.29 is 23.1 Å². The van der Waals surface area contributed by atoms with Crippen molar-refractivity contribution in [1.82, 2.24) is 15.0 Å². The number of aromatic nitrogens is 3. The minimum absolute atomic E-state index is 0.0172. The van der Waals surface area contributed by atoms with Crippen LogP contribution in [0.3, 0.4) is 0 Å². The van der Waals surface area contributed by atoms with Crippen LogP contribution < -0.4 is 10.4 Å². The fourth-order valence-electron chi connectivity index (χ4n) is 2.05. The van der Waals surface area contributed by atoms with Crippen molar-refractivity contribution >= 4 is 39.5 Å². The van der Waals surface area contributed by atoms with E-state index in [1.54, 1.807) is 6.92 Å². The highest BCUT2D eigenvalue weighted by atomic mass is 35.5. The first-order chi connectivity index (χ1) is 12.8. The summed E-state index contributed by atoms with van der Waals surface area (Å²) in [4.78, 5) is 16.3. The number of hydrogen-bond acceptors (Lipinski definition) is 9. The average Bonchev–Trinajstić information content (AvgIpc) is 2.61. The molecule has 11 nitrogen and oxygen atoms in total. The van der Waals surface area contributed by atoms with Crippen LogP contribution in [0.25, 0.3) is 0 Å². The quantitative estimate of drug-likeness (QED) is 0.418. The third-order valence-electron chi connectivity index (χ3n) is 3.05. The molecule has 3 heterocycles. The number of pyridine rings is 1. The van der Waals surface area contributed by atoms with Crippen LogP contribution in [0.1, 0.15) is 11.3 Å². The molecule has 2 aromatic rings. The minimum atomic E-state index is -4.48. The van der Waals surface area contributed by atoms with E-state index in [4.69, 9.17) is 21.2 Å². The lowest BCUT2D eigenvalue weighted by molar-refractivity contribution is -0.213. The van der Waals surface area contributed by atoms with Crippen molar-refractivity contribution in [2.24, 2.45) is 9.55 Å². The maximum atomic E-state index is 12.5. The van der Waals surface area contributed by atoms with E-state index in [1.807, 2.05) is 0 Å². The Hall–Kier alpha value is -2.99. The van der Waals surface area contributed by atoms with Crippen molar-refractivity contribution in [2.75, 3.05) is 18.5 Å². The van der Waals surface area contributed by atoms with Gasteiger partial charge in [0, 0.05) is 11.9 Å². The zero-order valence-electron chi connectivity index (χ0n) is 13.8. The van der Waals surface area contributed by atoms with Crippen LogP contribution in [0.2, 0.25) is 5.15 Å². The molecule has 142 valence electrons. The summed E-state index contributed by atoms with van der Waals surface area (Å²) in [5.74, 6) is -0.254. The van der Waals surface area contributed by atoms with Crippen LogP contribution in [0.4, 0.5) is 5.95 Å². The van der Waals surface area contributed by atoms with Crippen LogP contribution in [0, 0.1) is 6.92 Å². The average molecular weight is 412 g/mol. The number of halogens is 1. The van der Waals surface area contributed by atoms with Gasteiger partial charge < -0.3 is 20.0 Å². The van der Waals surface area contributed by atoms with Crippen molar-refractivity contribution in [3.8, 4) is 0 Å². The van der Waals surface area contributed by atoms with E-state index in [9.17, 15) is 13.5 Å². The van der Waals surface area contributed by atoms with Crippen LogP contribution in [0.5, 0.6) is 0 Å². The standard InChI is InChI=1S/C14H13ClN6O5S/c1-8-7-10(15)18-13(17-8)19-14(22)21-27(23,24)12-9(3-2-4-16-12)11-20-26-6-5-25-11/h2-4,7H,5-6H2,1H3,(H2,17,18,19,21,22)/p-1. The van der Waals surface area contributed by atoms with Gasteiger partial charge in [-0.05, 0) is 30.3 Å². The number of hydrogen-bond donors (Lipinski definition) is 1. The number of nitrogens with zero attached hydrogens (tertiary/aromatic N) is 5. The van der Waals surface area contributed by atoms with Crippen molar-refractivity contribution in [1.29, 1.82) is 0 Å². The molecule has 0 saturated heterocycles. The summed E-state index contributed by atoms with van der Waals surface area (Å²) >= 11 is 5.77. The molecule has 0 saturated carbocycles. The first-order valence-electron chi connectivity index (χ1n) is 7.43. The van der Waals surface area contributed by atoms with Gasteiger partial charge >= 0.3 is 10.0 Å². The fraction of sp³-hybridized carbons (Fsp3) is 0.214. The summed E-state index contributed by atoms with van der Waals surface area (Å²) in [5.41, 5.74) is 0.497. The van der Waals surface area contributed by atoms with Gasteiger partial charge in [0.15, 0.2) is 11.6 Å². The molecule has 0 bridgehead atoms. The van der Waals surface area contributed by atoms with Gasteiger partial charge in [-0.15, -0.1) is 0 Å². The predicted molar refractivity (Wildman–Crippen MR) is 92.7 cm³/mol. The van der Waals surface area contributed by atoms with E-state index < -0.39 is 21.1 Å². The van der Waals surface area contributed by atoms with E-state index in [2.05, 4.69) is 29.8 Å². The fourth-order valence-corrected chi connectivity index (χ4v) is 3.26. The summed E-state index contributed by atoms with van der Waals surface area (Å²) in [6.07, 6.45) is 1.23. The Labute approximate surface area is 158 Å². The molecular formula is C14H12ClN6O5S-. The molecule has 3 rings (SSSR count). The number of nitrogens with one attached hydrogen (secondary N) is 1. The molecule has 0 unspecified atom stereocenters. The van der Waals surface area contributed by atoms with E-state index >= 15 is 0 Å². The molecular weight excluding hydrogens is 400 g/mol. The molecule has 0 atom stereocenters. The van der Waals surface area contributed by atoms with Gasteiger partial charge in [0.25, 0.3) is 5.90 Å². The third kappa shape index (κ3) is 4.60. The molecule has 1 aliphatic heterocycles. The molecule has 13 heteroatoms. The van der Waals surface area contributed by atoms with Gasteiger partial charge in [0.05, 0.1) is 11.6 Å². The summed E-state index contributed by atoms with van der Waals surface area (Å²) in [6, 6.07) is 3.15. The highest BCUT2D eigenvalue weighted by Gasteiger charge is 2.25. The molecule has 0 fully saturated rings. The SMILES string of the molecule is Cc1cc(Cl)nc(NC([O-])=NS(=O)(=O)c2ncccc2C2=NOCCO2)n1. The molecule has 0 radical (unpaired) electrons. The molecule has 0 spiro atoms. The summed E-state index contributed by atoms with van der Waals surface area (Å²) in [7, 11) is -4.48. The highest BCUT2D eigenvalue weighted by molar-refractivity contribution is 7.90. The lowest BCUT2D eigenvalue weighted by Crippen LogP contribution is -2.30. The topological polar surface area (TPSA) is 151 Å². The number of ether oxygens (including phenoxy) is 1. The van der Waals surface area contributed by atoms with Crippen LogP contribution in [-0.4, -0.2) is 48.5 Å². The van der Waals surface area contributed by atoms with E-state index in [0.717, 1.165) is 0 Å². The van der Waals surface area contributed by atoms with E-state index in [-0.39, 0.29) is 35.8 Å². The Bertz CT molecular complexity index is 1010. The Kier molecular flexibility index (Phi) is 5.37. The number of aryl methyl sites for hydroxylation is 1. The molecule has 2 aromatic heterocycles. The second kappa shape index (κ2) is 7.72. The van der Waals surface area contributed by atoms with Gasteiger partial charge in [-0.1, -0.05) is 11.6 Å². The number of oxime groups is 1. The number of sulfonamides is 1. The number of anilines is 1. The van der Waals surface area contributed by atoms with Crippen LogP contribution in [-0.2, 0) is 19.6 Å². The van der Waals surface area contributed by atoms with Crippen molar-refractivity contribution in [3.05, 3.63) is 40.8 Å². The second-order valence-corrected chi connectivity index (χ2v) is 6.99. The Balaban J connectivity index is 1.92.